The molecule has 0 saturated carbocycles. The van der Waals surface area contributed by atoms with Gasteiger partial charge in [-0.1, -0.05) is 18.2 Å². The molecular weight excluding hydrogens is 556 g/mol. The fourth-order valence-corrected chi connectivity index (χ4v) is 5.28. The van der Waals surface area contributed by atoms with Crippen LogP contribution in [-0.4, -0.2) is 49.6 Å². The summed E-state index contributed by atoms with van der Waals surface area (Å²) in [7, 11) is 0. The number of nitrogens with zero attached hydrogens (tertiary/aromatic N) is 2. The number of aromatic nitrogens is 1. The van der Waals surface area contributed by atoms with E-state index in [0.29, 0.717) is 27.9 Å². The highest BCUT2D eigenvalue weighted by atomic mass is 32.1. The quantitative estimate of drug-likeness (QED) is 0.190. The number of aromatic carboxylic acids is 2. The molecule has 10 nitrogen and oxygen atoms in total. The monoisotopic (exact) mass is 584 g/mol. The van der Waals surface area contributed by atoms with Crippen LogP contribution in [0.1, 0.15) is 61.8 Å². The number of amides is 1. The van der Waals surface area contributed by atoms with Crippen LogP contribution in [0.4, 0.5) is 5.69 Å². The number of carboxylic acid groups (broad SMARTS) is 2. The Morgan fingerprint density at radius 3 is 2.40 bits per heavy atom. The molecule has 0 radical (unpaired) electrons. The number of carbonyl (C=O) groups is 3. The first-order valence-corrected chi connectivity index (χ1v) is 13.6. The van der Waals surface area contributed by atoms with E-state index in [1.54, 1.807) is 18.3 Å². The molecule has 214 valence electrons. The van der Waals surface area contributed by atoms with Gasteiger partial charge in [0.15, 0.2) is 5.11 Å². The first kappa shape index (κ1) is 28.5. The third-order valence-electron chi connectivity index (χ3n) is 7.07. The molecule has 2 aromatic carbocycles. The van der Waals surface area contributed by atoms with E-state index in [2.05, 4.69) is 15.6 Å². The fourth-order valence-electron chi connectivity index (χ4n) is 4.94. The number of pyridine rings is 1. The Bertz CT molecular complexity index is 1650. The Hall–Kier alpha value is -5.03. The third kappa shape index (κ3) is 6.01. The Kier molecular flexibility index (Phi) is 8.03. The fraction of sp³-hybridized carbons (Fsp3) is 0.194. The molecule has 42 heavy (non-hydrogen) atoms. The van der Waals surface area contributed by atoms with Crippen LogP contribution in [0.5, 0.6) is 0 Å². The summed E-state index contributed by atoms with van der Waals surface area (Å²) in [6.07, 6.45) is 1.83. The van der Waals surface area contributed by atoms with Gasteiger partial charge in [-0.15, -0.1) is 0 Å². The molecule has 1 aliphatic heterocycles. The second-order valence-electron chi connectivity index (χ2n) is 10.0. The van der Waals surface area contributed by atoms with Gasteiger partial charge in [0.05, 0.1) is 22.9 Å². The second-order valence-corrected chi connectivity index (χ2v) is 10.4. The lowest BCUT2D eigenvalue weighted by molar-refractivity contribution is -0.116. The Labute approximate surface area is 247 Å². The van der Waals surface area contributed by atoms with E-state index in [9.17, 15) is 24.6 Å². The summed E-state index contributed by atoms with van der Waals surface area (Å²) in [6.45, 7) is 4.18. The molecule has 5 rings (SSSR count). The maximum absolute atomic E-state index is 13.0. The molecular formula is C31H28N4O6S. The van der Waals surface area contributed by atoms with Crippen molar-refractivity contribution in [1.82, 2.24) is 15.2 Å². The number of carboxylic acids is 2. The largest absolute Gasteiger partial charge is 0.478 e. The summed E-state index contributed by atoms with van der Waals surface area (Å²) in [5.74, 6) is -1.89. The summed E-state index contributed by atoms with van der Waals surface area (Å²) >= 11 is 5.69. The zero-order chi connectivity index (χ0) is 30.0. The zero-order valence-corrected chi connectivity index (χ0v) is 23.6. The first-order chi connectivity index (χ1) is 20.1. The molecule has 2 unspecified atom stereocenters. The van der Waals surface area contributed by atoms with Gasteiger partial charge < -0.3 is 30.2 Å². The average molecular weight is 585 g/mol. The first-order valence-electron chi connectivity index (χ1n) is 13.2. The number of furan rings is 1. The van der Waals surface area contributed by atoms with Crippen molar-refractivity contribution in [3.63, 3.8) is 0 Å². The van der Waals surface area contributed by atoms with Crippen LogP contribution in [0.15, 0.2) is 77.3 Å². The van der Waals surface area contributed by atoms with E-state index in [1.807, 2.05) is 55.1 Å². The molecule has 1 saturated heterocycles. The maximum Gasteiger partial charge on any atom is 0.335 e. The lowest BCUT2D eigenvalue weighted by Gasteiger charge is -2.26. The van der Waals surface area contributed by atoms with E-state index in [4.69, 9.17) is 16.6 Å². The van der Waals surface area contributed by atoms with E-state index < -0.39 is 24.0 Å². The molecule has 1 fully saturated rings. The SMILES string of the molecule is Cc1ccc(C)c(NC(=O)CCN2C(=S)NC(c3ccccn3)C2c2ccc(-c3cc(C(=O)O)cc(C(=O)O)c3)o2)c1. The second kappa shape index (κ2) is 11.8. The summed E-state index contributed by atoms with van der Waals surface area (Å²) in [5.41, 5.74) is 3.43. The molecule has 3 heterocycles. The van der Waals surface area contributed by atoms with Crippen LogP contribution >= 0.6 is 12.2 Å². The normalized spacial score (nSPS) is 16.2. The molecule has 0 bridgehead atoms. The standard InChI is InChI=1S/C31H28N4O6S/c1-17-6-7-18(2)23(13-17)33-26(36)10-12-35-28(27(34-31(35)42)22-5-3-4-11-32-22)25-9-8-24(41-25)19-14-20(29(37)38)16-21(15-19)30(39)40/h3-9,11,13-16,27-28H,10,12H2,1-2H3,(H,33,36)(H,34,42)(H,37,38)(H,39,40). The van der Waals surface area contributed by atoms with Crippen LogP contribution in [0.3, 0.4) is 0 Å². The minimum Gasteiger partial charge on any atom is -0.478 e. The van der Waals surface area contributed by atoms with Gasteiger partial charge in [-0.2, -0.15) is 0 Å². The van der Waals surface area contributed by atoms with Gasteiger partial charge in [-0.3, -0.25) is 9.78 Å². The number of rotatable bonds is 9. The summed E-state index contributed by atoms with van der Waals surface area (Å²) in [5, 5.41) is 25.7. The number of hydrogen-bond donors (Lipinski definition) is 4. The Morgan fingerprint density at radius 2 is 1.74 bits per heavy atom. The minimum atomic E-state index is -1.25. The van der Waals surface area contributed by atoms with Crippen molar-refractivity contribution in [3.8, 4) is 11.3 Å². The van der Waals surface area contributed by atoms with Crippen LogP contribution in [0, 0.1) is 13.8 Å². The molecule has 1 aliphatic rings. The third-order valence-corrected chi connectivity index (χ3v) is 7.43. The smallest absolute Gasteiger partial charge is 0.335 e. The van der Waals surface area contributed by atoms with Gasteiger partial charge in [0.25, 0.3) is 0 Å². The number of aryl methyl sites for hydroxylation is 2. The topological polar surface area (TPSA) is 145 Å². The highest BCUT2D eigenvalue weighted by Gasteiger charge is 2.41. The molecule has 1 amide bonds. The summed E-state index contributed by atoms with van der Waals surface area (Å²) < 4.78 is 6.23. The number of thiocarbonyl (C=S) groups is 1. The molecule has 0 spiro atoms. The Balaban J connectivity index is 1.45. The molecule has 0 aliphatic carbocycles. The summed E-state index contributed by atoms with van der Waals surface area (Å²) in [6, 6.07) is 17.7. The van der Waals surface area contributed by atoms with Crippen LogP contribution in [0.25, 0.3) is 11.3 Å². The van der Waals surface area contributed by atoms with Crippen molar-refractivity contribution in [3.05, 3.63) is 107 Å². The molecule has 11 heteroatoms. The lowest BCUT2D eigenvalue weighted by atomic mass is 10.0. The van der Waals surface area contributed by atoms with Crippen molar-refractivity contribution < 1.29 is 29.0 Å². The number of anilines is 1. The van der Waals surface area contributed by atoms with Crippen molar-refractivity contribution in [2.75, 3.05) is 11.9 Å². The molecule has 4 N–H and O–H groups in total. The van der Waals surface area contributed by atoms with Crippen LogP contribution in [-0.2, 0) is 4.79 Å². The van der Waals surface area contributed by atoms with E-state index in [0.717, 1.165) is 22.9 Å². The number of carbonyl (C=O) groups excluding carboxylic acids is 1. The number of benzene rings is 2. The van der Waals surface area contributed by atoms with Gasteiger partial charge in [-0.25, -0.2) is 9.59 Å². The predicted molar refractivity (Wildman–Crippen MR) is 159 cm³/mol. The highest BCUT2D eigenvalue weighted by molar-refractivity contribution is 7.80. The molecule has 2 atom stereocenters. The summed E-state index contributed by atoms with van der Waals surface area (Å²) in [4.78, 5) is 42.6. The maximum atomic E-state index is 13.0. The van der Waals surface area contributed by atoms with Crippen molar-refractivity contribution in [2.45, 2.75) is 32.4 Å². The lowest BCUT2D eigenvalue weighted by Crippen LogP contribution is -2.32. The van der Waals surface area contributed by atoms with E-state index in [-0.39, 0.29) is 30.0 Å². The van der Waals surface area contributed by atoms with E-state index >= 15 is 0 Å². The predicted octanol–water partition coefficient (Wildman–Crippen LogP) is 5.36. The van der Waals surface area contributed by atoms with Gasteiger partial charge in [0, 0.05) is 30.4 Å². The zero-order valence-electron chi connectivity index (χ0n) is 22.8. The average Bonchev–Trinajstić information content (AvgIpc) is 3.58. The Morgan fingerprint density at radius 1 is 1.00 bits per heavy atom. The molecule has 4 aromatic rings. The van der Waals surface area contributed by atoms with Crippen molar-refractivity contribution >= 4 is 40.9 Å². The van der Waals surface area contributed by atoms with Gasteiger partial charge in [0.2, 0.25) is 5.91 Å². The van der Waals surface area contributed by atoms with Crippen LogP contribution < -0.4 is 10.6 Å². The number of nitrogens with one attached hydrogen (secondary N) is 2. The van der Waals surface area contributed by atoms with E-state index in [1.165, 1.54) is 12.1 Å². The van der Waals surface area contributed by atoms with Gasteiger partial charge >= 0.3 is 11.9 Å². The molecule has 2 aromatic heterocycles. The van der Waals surface area contributed by atoms with Gasteiger partial charge in [0.1, 0.15) is 17.6 Å². The number of hydrogen-bond acceptors (Lipinski definition) is 6. The van der Waals surface area contributed by atoms with Gasteiger partial charge in [-0.05, 0) is 85.7 Å². The highest BCUT2D eigenvalue weighted by Crippen LogP contribution is 2.40. The van der Waals surface area contributed by atoms with Crippen molar-refractivity contribution in [1.29, 1.82) is 0 Å². The van der Waals surface area contributed by atoms with Crippen LogP contribution in [0.2, 0.25) is 0 Å². The van der Waals surface area contributed by atoms with Crippen molar-refractivity contribution in [2.24, 2.45) is 0 Å². The minimum absolute atomic E-state index is 0.150.